The molecule has 1 heterocycles. The number of nitrogens with one attached hydrogen (secondary N) is 2. The van der Waals surface area contributed by atoms with Gasteiger partial charge in [-0.15, -0.1) is 0 Å². The lowest BCUT2D eigenvalue weighted by molar-refractivity contribution is -0.127. The fourth-order valence-corrected chi connectivity index (χ4v) is 3.56. The van der Waals surface area contributed by atoms with Crippen LogP contribution in [0.2, 0.25) is 0 Å². The van der Waals surface area contributed by atoms with Gasteiger partial charge in [-0.2, -0.15) is 0 Å². The number of nitrogens with zero attached hydrogens (tertiary/aromatic N) is 1. The second kappa shape index (κ2) is 9.65. The first kappa shape index (κ1) is 21.0. The molecule has 0 aliphatic carbocycles. The van der Waals surface area contributed by atoms with Gasteiger partial charge in [0.1, 0.15) is 5.82 Å². The molecule has 0 radical (unpaired) electrons. The largest absolute Gasteiger partial charge is 0.352 e. The van der Waals surface area contributed by atoms with Gasteiger partial charge in [-0.3, -0.25) is 14.5 Å². The lowest BCUT2D eigenvalue weighted by Crippen LogP contribution is -2.48. The molecule has 0 spiro atoms. The fourth-order valence-electron chi connectivity index (χ4n) is 3.56. The van der Waals surface area contributed by atoms with Crippen LogP contribution >= 0.6 is 0 Å². The van der Waals surface area contributed by atoms with Crippen molar-refractivity contribution < 1.29 is 14.0 Å². The molecule has 0 aromatic heterocycles. The summed E-state index contributed by atoms with van der Waals surface area (Å²) in [5, 5.41) is 5.79. The van der Waals surface area contributed by atoms with E-state index in [1.165, 1.54) is 6.07 Å². The second-order valence-corrected chi connectivity index (χ2v) is 7.64. The van der Waals surface area contributed by atoms with E-state index in [1.54, 1.807) is 19.1 Å². The van der Waals surface area contributed by atoms with E-state index in [0.717, 1.165) is 18.4 Å². The van der Waals surface area contributed by atoms with Crippen LogP contribution in [0.4, 0.5) is 10.1 Å². The molecule has 1 atom stereocenters. The third kappa shape index (κ3) is 5.64. The highest BCUT2D eigenvalue weighted by atomic mass is 19.1. The smallest absolute Gasteiger partial charge is 0.241 e. The van der Waals surface area contributed by atoms with Crippen LogP contribution in [-0.2, 0) is 16.1 Å². The summed E-state index contributed by atoms with van der Waals surface area (Å²) < 4.78 is 13.7. The zero-order chi connectivity index (χ0) is 20.8. The Labute approximate surface area is 171 Å². The number of carbonyl (C=O) groups is 2. The van der Waals surface area contributed by atoms with Crippen LogP contribution < -0.4 is 10.6 Å². The van der Waals surface area contributed by atoms with E-state index in [0.29, 0.717) is 30.9 Å². The summed E-state index contributed by atoms with van der Waals surface area (Å²) in [5.41, 5.74) is 2.08. The average Bonchev–Trinajstić information content (AvgIpc) is 2.75. The maximum Gasteiger partial charge on any atom is 0.241 e. The van der Waals surface area contributed by atoms with Gasteiger partial charge in [0.2, 0.25) is 11.8 Å². The molecule has 1 saturated heterocycles. The quantitative estimate of drug-likeness (QED) is 0.784. The van der Waals surface area contributed by atoms with Crippen LogP contribution in [0.1, 0.15) is 30.9 Å². The number of hydrogen-bond donors (Lipinski definition) is 2. The topological polar surface area (TPSA) is 61.4 Å². The van der Waals surface area contributed by atoms with Crippen molar-refractivity contribution in [1.82, 2.24) is 10.2 Å². The number of piperidine rings is 1. The van der Waals surface area contributed by atoms with Crippen LogP contribution in [0.5, 0.6) is 0 Å². The van der Waals surface area contributed by atoms with Crippen molar-refractivity contribution in [3.63, 3.8) is 0 Å². The first-order chi connectivity index (χ1) is 13.9. The Hall–Kier alpha value is -2.73. The van der Waals surface area contributed by atoms with Crippen molar-refractivity contribution in [3.8, 4) is 0 Å². The van der Waals surface area contributed by atoms with Crippen LogP contribution in [-0.4, -0.2) is 35.8 Å². The number of halogens is 1. The van der Waals surface area contributed by atoms with Gasteiger partial charge in [-0.1, -0.05) is 36.4 Å². The van der Waals surface area contributed by atoms with Crippen molar-refractivity contribution in [3.05, 3.63) is 65.5 Å². The molecular formula is C23H28FN3O2. The van der Waals surface area contributed by atoms with Crippen LogP contribution in [0.15, 0.2) is 48.5 Å². The van der Waals surface area contributed by atoms with E-state index >= 15 is 0 Å². The molecule has 0 saturated carbocycles. The molecule has 0 bridgehead atoms. The molecule has 1 aliphatic heterocycles. The first-order valence-corrected chi connectivity index (χ1v) is 10.1. The van der Waals surface area contributed by atoms with Crippen molar-refractivity contribution in [1.29, 1.82) is 0 Å². The van der Waals surface area contributed by atoms with Crippen LogP contribution in [0.25, 0.3) is 0 Å². The zero-order valence-corrected chi connectivity index (χ0v) is 17.0. The molecule has 3 rings (SSSR count). The standard InChI is InChI=1S/C23H28FN3O2/c1-16-8-9-20(14-21(16)24)26-22(28)17(2)27-12-10-19(11-13-27)23(29)25-15-18-6-4-3-5-7-18/h3-9,14,17,19H,10-13,15H2,1-2H3,(H,25,29)(H,26,28). The Morgan fingerprint density at radius 2 is 1.83 bits per heavy atom. The zero-order valence-electron chi connectivity index (χ0n) is 17.0. The van der Waals surface area contributed by atoms with E-state index in [2.05, 4.69) is 15.5 Å². The SMILES string of the molecule is Cc1ccc(NC(=O)C(C)N2CCC(C(=O)NCc3ccccc3)CC2)cc1F. The summed E-state index contributed by atoms with van der Waals surface area (Å²) in [5.74, 6) is -0.463. The Morgan fingerprint density at radius 1 is 1.14 bits per heavy atom. The highest BCUT2D eigenvalue weighted by molar-refractivity contribution is 5.94. The molecule has 154 valence electrons. The molecule has 29 heavy (non-hydrogen) atoms. The van der Waals surface area contributed by atoms with Crippen molar-refractivity contribution >= 4 is 17.5 Å². The molecule has 1 aliphatic rings. The predicted octanol–water partition coefficient (Wildman–Crippen LogP) is 3.49. The minimum Gasteiger partial charge on any atom is -0.352 e. The number of amides is 2. The van der Waals surface area contributed by atoms with E-state index in [9.17, 15) is 14.0 Å². The van der Waals surface area contributed by atoms with E-state index in [1.807, 2.05) is 37.3 Å². The normalized spacial score (nSPS) is 16.2. The predicted molar refractivity (Wildman–Crippen MR) is 112 cm³/mol. The first-order valence-electron chi connectivity index (χ1n) is 10.1. The van der Waals surface area contributed by atoms with E-state index in [4.69, 9.17) is 0 Å². The lowest BCUT2D eigenvalue weighted by atomic mass is 9.94. The van der Waals surface area contributed by atoms with Crippen molar-refractivity contribution in [2.24, 2.45) is 5.92 Å². The molecule has 2 aromatic rings. The van der Waals surface area contributed by atoms with Crippen LogP contribution in [0, 0.1) is 18.7 Å². The fraction of sp³-hybridized carbons (Fsp3) is 0.391. The number of benzene rings is 2. The van der Waals surface area contributed by atoms with Gasteiger partial charge in [0.05, 0.1) is 6.04 Å². The van der Waals surface area contributed by atoms with E-state index in [-0.39, 0.29) is 29.6 Å². The van der Waals surface area contributed by atoms with E-state index < -0.39 is 0 Å². The molecule has 2 aromatic carbocycles. The summed E-state index contributed by atoms with van der Waals surface area (Å²) in [6, 6.07) is 14.2. The third-order valence-corrected chi connectivity index (χ3v) is 5.58. The number of anilines is 1. The maximum atomic E-state index is 13.7. The second-order valence-electron chi connectivity index (χ2n) is 7.64. The Kier molecular flexibility index (Phi) is 6.99. The third-order valence-electron chi connectivity index (χ3n) is 5.58. The summed E-state index contributed by atoms with van der Waals surface area (Å²) in [6.45, 7) is 5.42. The monoisotopic (exact) mass is 397 g/mol. The number of aryl methyl sites for hydroxylation is 1. The molecule has 2 N–H and O–H groups in total. The Bertz CT molecular complexity index is 848. The van der Waals surface area contributed by atoms with Gasteiger partial charge in [0, 0.05) is 18.2 Å². The summed E-state index contributed by atoms with van der Waals surface area (Å²) >= 11 is 0. The molecule has 5 nitrogen and oxygen atoms in total. The van der Waals surface area contributed by atoms with Crippen molar-refractivity contribution in [2.45, 2.75) is 39.3 Å². The average molecular weight is 397 g/mol. The summed E-state index contributed by atoms with van der Waals surface area (Å²) in [4.78, 5) is 27.0. The molecule has 2 amide bonds. The highest BCUT2D eigenvalue weighted by Crippen LogP contribution is 2.21. The van der Waals surface area contributed by atoms with Gasteiger partial charge >= 0.3 is 0 Å². The Balaban J connectivity index is 1.45. The maximum absolute atomic E-state index is 13.7. The minimum absolute atomic E-state index is 0.0311. The summed E-state index contributed by atoms with van der Waals surface area (Å²) in [6.07, 6.45) is 1.44. The van der Waals surface area contributed by atoms with Gasteiger partial charge in [-0.05, 0) is 63.0 Å². The highest BCUT2D eigenvalue weighted by Gasteiger charge is 2.29. The molecule has 6 heteroatoms. The Morgan fingerprint density at radius 3 is 2.48 bits per heavy atom. The molecule has 1 unspecified atom stereocenters. The van der Waals surface area contributed by atoms with Gasteiger partial charge in [0.15, 0.2) is 0 Å². The molecule has 1 fully saturated rings. The number of likely N-dealkylation sites (tertiary alicyclic amines) is 1. The van der Waals surface area contributed by atoms with Gasteiger partial charge < -0.3 is 10.6 Å². The van der Waals surface area contributed by atoms with Crippen molar-refractivity contribution in [2.75, 3.05) is 18.4 Å². The van der Waals surface area contributed by atoms with Crippen LogP contribution in [0.3, 0.4) is 0 Å². The lowest BCUT2D eigenvalue weighted by Gasteiger charge is -2.34. The van der Waals surface area contributed by atoms with Gasteiger partial charge in [0.25, 0.3) is 0 Å². The number of carbonyl (C=O) groups excluding carboxylic acids is 2. The minimum atomic E-state index is -0.340. The number of rotatable bonds is 6. The van der Waals surface area contributed by atoms with Gasteiger partial charge in [-0.25, -0.2) is 4.39 Å². The molecular weight excluding hydrogens is 369 g/mol. The summed E-state index contributed by atoms with van der Waals surface area (Å²) in [7, 11) is 0. The number of hydrogen-bond acceptors (Lipinski definition) is 3.